The van der Waals surface area contributed by atoms with Crippen LogP contribution in [-0.4, -0.2) is 58.7 Å². The smallest absolute Gasteiger partial charge is 0.329 e. The molecule has 0 saturated carbocycles. The van der Waals surface area contributed by atoms with Crippen LogP contribution in [0.25, 0.3) is 0 Å². The Bertz CT molecular complexity index is 781. The summed E-state index contributed by atoms with van der Waals surface area (Å²) >= 11 is 1.58. The maximum atomic E-state index is 12.7. The van der Waals surface area contributed by atoms with Gasteiger partial charge in [-0.2, -0.15) is 0 Å². The number of hydrogen-bond donors (Lipinski definition) is 2. The minimum Gasteiger partial charge on any atom is -0.480 e. The number of thioether (sulfide) groups is 1. The number of piperidine rings is 1. The Labute approximate surface area is 160 Å². The fraction of sp³-hybridized carbons (Fsp3) is 0.444. The molecular weight excluding hydrogens is 372 g/mol. The number of carboxylic acids is 1. The van der Waals surface area contributed by atoms with Crippen molar-refractivity contribution < 1.29 is 29.0 Å². The van der Waals surface area contributed by atoms with Gasteiger partial charge in [0, 0.05) is 35.8 Å². The molecule has 1 saturated heterocycles. The van der Waals surface area contributed by atoms with Crippen LogP contribution in [0.2, 0.25) is 0 Å². The predicted octanol–water partition coefficient (Wildman–Crippen LogP) is 1.03. The Morgan fingerprint density at radius 2 is 2.15 bits per heavy atom. The van der Waals surface area contributed by atoms with Crippen molar-refractivity contribution in [3.8, 4) is 0 Å². The summed E-state index contributed by atoms with van der Waals surface area (Å²) in [5.74, 6) is -1.18. The highest BCUT2D eigenvalue weighted by atomic mass is 32.2. The molecule has 27 heavy (non-hydrogen) atoms. The van der Waals surface area contributed by atoms with Crippen molar-refractivity contribution in [3.05, 3.63) is 29.3 Å². The molecule has 1 unspecified atom stereocenters. The lowest BCUT2D eigenvalue weighted by molar-refractivity contribution is -0.142. The van der Waals surface area contributed by atoms with Gasteiger partial charge < -0.3 is 14.7 Å². The van der Waals surface area contributed by atoms with Gasteiger partial charge in [0.05, 0.1) is 0 Å². The first kappa shape index (κ1) is 19.4. The average Bonchev–Trinajstić information content (AvgIpc) is 2.95. The van der Waals surface area contributed by atoms with Crippen LogP contribution in [0.3, 0.4) is 0 Å². The van der Waals surface area contributed by atoms with Crippen molar-refractivity contribution in [2.24, 2.45) is 0 Å². The van der Waals surface area contributed by atoms with Crippen LogP contribution in [0.1, 0.15) is 35.2 Å². The molecule has 2 N–H and O–H groups in total. The molecule has 0 aliphatic carbocycles. The Balaban J connectivity index is 1.61. The monoisotopic (exact) mass is 392 g/mol. The van der Waals surface area contributed by atoms with Gasteiger partial charge in [0.25, 0.3) is 5.91 Å². The molecule has 1 atom stereocenters. The average molecular weight is 392 g/mol. The first-order chi connectivity index (χ1) is 13.0. The van der Waals surface area contributed by atoms with Crippen molar-refractivity contribution >= 4 is 35.5 Å². The van der Waals surface area contributed by atoms with E-state index in [1.807, 2.05) is 12.1 Å². The number of fused-ring (bicyclic) bond motifs is 1. The largest absolute Gasteiger partial charge is 0.480 e. The number of aliphatic carboxylic acids is 1. The van der Waals surface area contributed by atoms with Gasteiger partial charge in [-0.05, 0) is 30.5 Å². The van der Waals surface area contributed by atoms with Gasteiger partial charge in [0.1, 0.15) is 12.6 Å². The van der Waals surface area contributed by atoms with Crippen LogP contribution in [0.15, 0.2) is 23.1 Å². The van der Waals surface area contributed by atoms with E-state index < -0.39 is 17.9 Å². The van der Waals surface area contributed by atoms with E-state index >= 15 is 0 Å². The minimum atomic E-state index is -0.990. The fourth-order valence-corrected chi connectivity index (χ4v) is 4.20. The molecule has 144 valence electrons. The topological polar surface area (TPSA) is 113 Å². The summed E-state index contributed by atoms with van der Waals surface area (Å²) in [6, 6.07) is 4.88. The van der Waals surface area contributed by atoms with E-state index in [2.05, 4.69) is 5.32 Å². The third-order valence-corrected chi connectivity index (χ3v) is 5.64. The second-order valence-corrected chi connectivity index (χ2v) is 7.47. The molecule has 0 aromatic heterocycles. The Morgan fingerprint density at radius 3 is 2.89 bits per heavy atom. The molecule has 8 nitrogen and oxygen atoms in total. The number of ether oxygens (including phenoxy) is 1. The van der Waals surface area contributed by atoms with Gasteiger partial charge >= 0.3 is 5.97 Å². The molecule has 3 rings (SSSR count). The molecule has 0 spiro atoms. The number of carboxylic acid groups (broad SMARTS) is 1. The van der Waals surface area contributed by atoms with E-state index in [0.717, 1.165) is 16.2 Å². The van der Waals surface area contributed by atoms with Crippen LogP contribution < -0.4 is 5.32 Å². The number of nitrogens with zero attached hydrogens (tertiary/aromatic N) is 1. The second kappa shape index (κ2) is 8.53. The number of benzene rings is 1. The first-order valence-electron chi connectivity index (χ1n) is 8.66. The van der Waals surface area contributed by atoms with E-state index in [-0.39, 0.29) is 24.8 Å². The van der Waals surface area contributed by atoms with E-state index in [9.17, 15) is 19.2 Å². The van der Waals surface area contributed by atoms with Crippen molar-refractivity contribution in [1.29, 1.82) is 0 Å². The number of imide groups is 1. The lowest BCUT2D eigenvalue weighted by Crippen LogP contribution is -2.52. The van der Waals surface area contributed by atoms with Gasteiger partial charge in [-0.15, -0.1) is 11.8 Å². The van der Waals surface area contributed by atoms with Gasteiger partial charge in [-0.25, -0.2) is 4.79 Å². The zero-order chi connectivity index (χ0) is 19.4. The molecule has 1 aromatic rings. The van der Waals surface area contributed by atoms with Crippen molar-refractivity contribution in [3.63, 3.8) is 0 Å². The van der Waals surface area contributed by atoms with Crippen LogP contribution >= 0.6 is 11.8 Å². The summed E-state index contributed by atoms with van der Waals surface area (Å²) in [5, 5.41) is 10.8. The second-order valence-electron chi connectivity index (χ2n) is 6.33. The third kappa shape index (κ3) is 4.48. The molecule has 2 heterocycles. The van der Waals surface area contributed by atoms with Gasteiger partial charge in [0.2, 0.25) is 11.8 Å². The number of carbonyl (C=O) groups excluding carboxylic acids is 3. The van der Waals surface area contributed by atoms with Gasteiger partial charge in [-0.3, -0.25) is 19.7 Å². The Kier molecular flexibility index (Phi) is 6.12. The maximum Gasteiger partial charge on any atom is 0.329 e. The number of rotatable bonds is 8. The highest BCUT2D eigenvalue weighted by Gasteiger charge is 2.39. The van der Waals surface area contributed by atoms with Gasteiger partial charge in [-0.1, -0.05) is 6.07 Å². The van der Waals surface area contributed by atoms with Gasteiger partial charge in [0.15, 0.2) is 0 Å². The normalized spacial score (nSPS) is 19.2. The van der Waals surface area contributed by atoms with Crippen molar-refractivity contribution in [2.75, 3.05) is 19.0 Å². The number of carbonyl (C=O) groups is 4. The Morgan fingerprint density at radius 1 is 1.33 bits per heavy atom. The van der Waals surface area contributed by atoms with E-state index in [0.29, 0.717) is 31.6 Å². The highest BCUT2D eigenvalue weighted by Crippen LogP contribution is 2.34. The van der Waals surface area contributed by atoms with E-state index in [1.54, 1.807) is 17.8 Å². The van der Waals surface area contributed by atoms with Crippen LogP contribution in [0, 0.1) is 0 Å². The standard InChI is InChI=1S/C18H20N2O6S/c21-15-6-5-13(17(24)19-15)20-9-12-11(18(20)25)3-1-4-14(12)27-8-2-7-26-10-16(22)23/h1,3-4,13H,2,5-10H2,(H,22,23)(H,19,21,24). The number of hydrogen-bond acceptors (Lipinski definition) is 6. The van der Waals surface area contributed by atoms with Crippen molar-refractivity contribution in [2.45, 2.75) is 36.7 Å². The molecular formula is C18H20N2O6S. The molecule has 2 aliphatic rings. The van der Waals surface area contributed by atoms with Crippen LogP contribution in [0.4, 0.5) is 0 Å². The number of amides is 3. The zero-order valence-corrected chi connectivity index (χ0v) is 15.4. The summed E-state index contributed by atoms with van der Waals surface area (Å²) in [7, 11) is 0. The Hall–Kier alpha value is -2.39. The predicted molar refractivity (Wildman–Crippen MR) is 96.3 cm³/mol. The molecule has 0 bridgehead atoms. The SMILES string of the molecule is O=C(O)COCCCSc1cccc2c1CN(C1CCC(=O)NC1=O)C2=O. The van der Waals surface area contributed by atoms with Crippen molar-refractivity contribution in [1.82, 2.24) is 10.2 Å². The highest BCUT2D eigenvalue weighted by molar-refractivity contribution is 7.99. The van der Waals surface area contributed by atoms with E-state index in [1.165, 1.54) is 4.90 Å². The number of nitrogens with one attached hydrogen (secondary N) is 1. The lowest BCUT2D eigenvalue weighted by atomic mass is 10.0. The van der Waals surface area contributed by atoms with Crippen LogP contribution in [0.5, 0.6) is 0 Å². The fourth-order valence-electron chi connectivity index (χ4n) is 3.20. The van der Waals surface area contributed by atoms with Crippen LogP contribution in [-0.2, 0) is 25.7 Å². The molecule has 0 radical (unpaired) electrons. The zero-order valence-electron chi connectivity index (χ0n) is 14.6. The summed E-state index contributed by atoms with van der Waals surface area (Å²) in [6.45, 7) is 0.398. The first-order valence-corrected chi connectivity index (χ1v) is 9.65. The molecule has 9 heteroatoms. The maximum absolute atomic E-state index is 12.7. The summed E-state index contributed by atoms with van der Waals surface area (Å²) in [4.78, 5) is 49.1. The quantitative estimate of drug-likeness (QED) is 0.386. The molecule has 1 fully saturated rings. The summed E-state index contributed by atoms with van der Waals surface area (Å²) < 4.78 is 5.01. The summed E-state index contributed by atoms with van der Waals surface area (Å²) in [5.41, 5.74) is 1.48. The molecule has 2 aliphatic heterocycles. The molecule has 1 aromatic carbocycles. The third-order valence-electron chi connectivity index (χ3n) is 4.46. The molecule has 3 amide bonds. The van der Waals surface area contributed by atoms with E-state index in [4.69, 9.17) is 9.84 Å². The lowest BCUT2D eigenvalue weighted by Gasteiger charge is -2.29. The minimum absolute atomic E-state index is 0.188. The summed E-state index contributed by atoms with van der Waals surface area (Å²) in [6.07, 6.45) is 1.26.